The predicted octanol–water partition coefficient (Wildman–Crippen LogP) is 3.73. The molecular weight excluding hydrogens is 305 g/mol. The van der Waals surface area contributed by atoms with Crippen LogP contribution in [0.2, 0.25) is 0 Å². The minimum Gasteiger partial charge on any atom is -0.329 e. The minimum absolute atomic E-state index is 0. The third-order valence-corrected chi connectivity index (χ3v) is 6.02. The van der Waals surface area contributed by atoms with Crippen molar-refractivity contribution in [3.63, 3.8) is 0 Å². The van der Waals surface area contributed by atoms with E-state index in [1.807, 2.05) is 61.5 Å². The first-order chi connectivity index (χ1) is 9.60. The fourth-order valence-electron chi connectivity index (χ4n) is 2.18. The molecule has 114 valence electrons. The molecule has 2 aromatic rings. The maximum atomic E-state index is 12.4. The molecule has 2 rings (SSSR count). The van der Waals surface area contributed by atoms with Crippen LogP contribution in [0.4, 0.5) is 0 Å². The van der Waals surface area contributed by atoms with Crippen molar-refractivity contribution in [3.05, 3.63) is 65.7 Å². The van der Waals surface area contributed by atoms with E-state index < -0.39 is 7.37 Å². The molecule has 2 unspecified atom stereocenters. The Balaban J connectivity index is 0.00000220. The molecule has 0 saturated heterocycles. The average molecular weight is 326 g/mol. The van der Waals surface area contributed by atoms with Crippen LogP contribution in [0.25, 0.3) is 0 Å². The van der Waals surface area contributed by atoms with Crippen molar-refractivity contribution in [2.75, 3.05) is 13.3 Å². The second-order valence-corrected chi connectivity index (χ2v) is 7.51. The second kappa shape index (κ2) is 7.77. The molecule has 0 radical (unpaired) electrons. The van der Waals surface area contributed by atoms with E-state index in [4.69, 9.17) is 10.3 Å². The highest BCUT2D eigenvalue weighted by Crippen LogP contribution is 2.44. The molecule has 0 amide bonds. The fourth-order valence-corrected chi connectivity index (χ4v) is 3.62. The Labute approximate surface area is 132 Å². The van der Waals surface area contributed by atoms with Crippen LogP contribution >= 0.6 is 19.8 Å². The number of benzene rings is 2. The lowest BCUT2D eigenvalue weighted by Crippen LogP contribution is -2.14. The Morgan fingerprint density at radius 2 is 1.57 bits per heavy atom. The van der Waals surface area contributed by atoms with Gasteiger partial charge < -0.3 is 10.3 Å². The van der Waals surface area contributed by atoms with E-state index in [-0.39, 0.29) is 18.4 Å². The predicted molar refractivity (Wildman–Crippen MR) is 91.0 cm³/mol. The van der Waals surface area contributed by atoms with Crippen molar-refractivity contribution in [3.8, 4) is 0 Å². The van der Waals surface area contributed by atoms with E-state index in [2.05, 4.69) is 0 Å². The molecular formula is C16H21ClNO2P. The van der Waals surface area contributed by atoms with Gasteiger partial charge in [-0.1, -0.05) is 49.4 Å². The van der Waals surface area contributed by atoms with E-state index in [1.165, 1.54) is 7.11 Å². The van der Waals surface area contributed by atoms with Gasteiger partial charge >= 0.3 is 0 Å². The largest absolute Gasteiger partial charge is 0.329 e. The molecule has 0 aliphatic carbocycles. The van der Waals surface area contributed by atoms with Crippen LogP contribution in [0.3, 0.4) is 0 Å². The van der Waals surface area contributed by atoms with Crippen LogP contribution in [-0.2, 0) is 9.09 Å². The molecule has 0 saturated carbocycles. The molecule has 3 nitrogen and oxygen atoms in total. The van der Waals surface area contributed by atoms with Gasteiger partial charge in [0.1, 0.15) is 0 Å². The first-order valence-electron chi connectivity index (χ1n) is 6.66. The summed E-state index contributed by atoms with van der Waals surface area (Å²) >= 11 is 0. The van der Waals surface area contributed by atoms with Crippen molar-refractivity contribution in [1.82, 2.24) is 0 Å². The zero-order valence-corrected chi connectivity index (χ0v) is 13.9. The Morgan fingerprint density at radius 3 is 2.05 bits per heavy atom. The van der Waals surface area contributed by atoms with E-state index in [0.717, 1.165) is 16.4 Å². The molecule has 5 heteroatoms. The summed E-state index contributed by atoms with van der Waals surface area (Å²) in [6, 6.07) is 17.3. The lowest BCUT2D eigenvalue weighted by Gasteiger charge is -2.16. The normalized spacial score (nSPS) is 14.8. The van der Waals surface area contributed by atoms with Crippen LogP contribution in [0.1, 0.15) is 24.1 Å². The van der Waals surface area contributed by atoms with Crippen LogP contribution in [0.15, 0.2) is 54.6 Å². The molecule has 2 aromatic carbocycles. The topological polar surface area (TPSA) is 52.3 Å². The van der Waals surface area contributed by atoms with Gasteiger partial charge in [0.25, 0.3) is 0 Å². The van der Waals surface area contributed by atoms with Crippen LogP contribution < -0.4 is 11.0 Å². The maximum Gasteiger partial charge on any atom is 0.231 e. The third kappa shape index (κ3) is 3.96. The van der Waals surface area contributed by atoms with E-state index in [1.54, 1.807) is 0 Å². The second-order valence-electron chi connectivity index (χ2n) is 4.65. The quantitative estimate of drug-likeness (QED) is 0.852. The number of nitrogens with two attached hydrogens (primary N) is 1. The molecule has 2 N–H and O–H groups in total. The first kappa shape index (κ1) is 17.9. The molecule has 0 fully saturated rings. The Hall–Kier alpha value is -1.12. The summed E-state index contributed by atoms with van der Waals surface area (Å²) in [5.41, 5.74) is 8.30. The summed E-state index contributed by atoms with van der Waals surface area (Å²) in [4.78, 5) is 0. The zero-order chi connectivity index (χ0) is 14.6. The smallest absolute Gasteiger partial charge is 0.231 e. The van der Waals surface area contributed by atoms with Crippen molar-refractivity contribution in [2.24, 2.45) is 5.73 Å². The highest BCUT2D eigenvalue weighted by molar-refractivity contribution is 7.66. The van der Waals surface area contributed by atoms with Crippen LogP contribution in [0.5, 0.6) is 0 Å². The van der Waals surface area contributed by atoms with Gasteiger partial charge in [-0.2, -0.15) is 0 Å². The van der Waals surface area contributed by atoms with Gasteiger partial charge in [-0.3, -0.25) is 4.57 Å². The Morgan fingerprint density at radius 1 is 1.05 bits per heavy atom. The van der Waals surface area contributed by atoms with Crippen LogP contribution in [-0.4, -0.2) is 13.3 Å². The molecule has 0 heterocycles. The van der Waals surface area contributed by atoms with Gasteiger partial charge in [0.15, 0.2) is 0 Å². The summed E-state index contributed by atoms with van der Waals surface area (Å²) < 4.78 is 17.6. The SMILES string of the molecule is CCP(=O)(OC)c1ccc(C(N)c2ccccc2)cc1.Cl. The fraction of sp³-hybridized carbons (Fsp3) is 0.250. The lowest BCUT2D eigenvalue weighted by molar-refractivity contribution is 0.404. The van der Waals surface area contributed by atoms with Crippen molar-refractivity contribution in [2.45, 2.75) is 13.0 Å². The highest BCUT2D eigenvalue weighted by Gasteiger charge is 2.21. The number of hydrogen-bond acceptors (Lipinski definition) is 3. The Kier molecular flexibility index (Phi) is 6.63. The molecule has 2 atom stereocenters. The van der Waals surface area contributed by atoms with Crippen molar-refractivity contribution < 1.29 is 9.09 Å². The van der Waals surface area contributed by atoms with Gasteiger partial charge in [-0.15, -0.1) is 12.4 Å². The Bertz CT molecular complexity index is 593. The lowest BCUT2D eigenvalue weighted by atomic mass is 10.00. The van der Waals surface area contributed by atoms with Gasteiger partial charge in [0, 0.05) is 18.6 Å². The average Bonchev–Trinajstić information content (AvgIpc) is 2.54. The van der Waals surface area contributed by atoms with Crippen molar-refractivity contribution in [1.29, 1.82) is 0 Å². The maximum absolute atomic E-state index is 12.4. The van der Waals surface area contributed by atoms with Gasteiger partial charge in [-0.25, -0.2) is 0 Å². The molecule has 0 aliphatic heterocycles. The molecule has 0 aliphatic rings. The monoisotopic (exact) mass is 325 g/mol. The summed E-state index contributed by atoms with van der Waals surface area (Å²) in [6.07, 6.45) is 0.494. The number of hydrogen-bond donors (Lipinski definition) is 1. The highest BCUT2D eigenvalue weighted by atomic mass is 35.5. The zero-order valence-electron chi connectivity index (χ0n) is 12.2. The number of halogens is 1. The molecule has 0 spiro atoms. The first-order valence-corrected chi connectivity index (χ1v) is 8.47. The summed E-state index contributed by atoms with van der Waals surface area (Å²) in [5.74, 6) is 0. The minimum atomic E-state index is -2.70. The molecule has 0 aromatic heterocycles. The van der Waals surface area contributed by atoms with E-state index >= 15 is 0 Å². The molecule has 0 bridgehead atoms. The van der Waals surface area contributed by atoms with E-state index in [0.29, 0.717) is 6.16 Å². The van der Waals surface area contributed by atoms with E-state index in [9.17, 15) is 4.57 Å². The van der Waals surface area contributed by atoms with Gasteiger partial charge in [-0.05, 0) is 23.3 Å². The summed E-state index contributed by atoms with van der Waals surface area (Å²) in [6.45, 7) is 1.87. The van der Waals surface area contributed by atoms with Crippen LogP contribution in [0, 0.1) is 0 Å². The van der Waals surface area contributed by atoms with Gasteiger partial charge in [0.05, 0.1) is 6.04 Å². The molecule has 21 heavy (non-hydrogen) atoms. The summed E-state index contributed by atoms with van der Waals surface area (Å²) in [5, 5.41) is 0.742. The van der Waals surface area contributed by atoms with Gasteiger partial charge in [0.2, 0.25) is 7.37 Å². The number of rotatable bonds is 5. The summed E-state index contributed by atoms with van der Waals surface area (Å²) in [7, 11) is -1.20. The third-order valence-electron chi connectivity index (χ3n) is 3.52. The van der Waals surface area contributed by atoms with Crippen molar-refractivity contribution >= 4 is 25.1 Å². The standard InChI is InChI=1S/C16H20NO2P.ClH/c1-3-20(18,19-2)15-11-9-14(10-12-15)16(17)13-7-5-4-6-8-13;/h4-12,16H,3,17H2,1-2H3;1H.